The Morgan fingerprint density at radius 1 is 1.17 bits per heavy atom. The molecular formula is C16H12N2O5. The van der Waals surface area contributed by atoms with Crippen LogP contribution in [0.5, 0.6) is 5.75 Å². The molecule has 2 aromatic rings. The van der Waals surface area contributed by atoms with Crippen molar-refractivity contribution in [2.75, 3.05) is 6.61 Å². The number of hydrogen-bond acceptors (Lipinski definition) is 6. The van der Waals surface area contributed by atoms with Crippen LogP contribution < -0.4 is 4.74 Å². The summed E-state index contributed by atoms with van der Waals surface area (Å²) in [5, 5.41) is 19.5. The SMILES string of the molecule is N#Cc1ccc(OCC(=O)OCc2ccccc2[N+](=O)[O-])cc1. The Hall–Kier alpha value is -3.40. The van der Waals surface area contributed by atoms with Gasteiger partial charge in [0.1, 0.15) is 12.4 Å². The van der Waals surface area contributed by atoms with Crippen LogP contribution in [0.15, 0.2) is 48.5 Å². The van der Waals surface area contributed by atoms with Crippen molar-refractivity contribution in [2.24, 2.45) is 0 Å². The van der Waals surface area contributed by atoms with Crippen LogP contribution in [0.4, 0.5) is 5.69 Å². The van der Waals surface area contributed by atoms with E-state index in [9.17, 15) is 14.9 Å². The fourth-order valence-corrected chi connectivity index (χ4v) is 1.78. The molecule has 7 heteroatoms. The maximum absolute atomic E-state index is 11.6. The fraction of sp³-hybridized carbons (Fsp3) is 0.125. The summed E-state index contributed by atoms with van der Waals surface area (Å²) in [4.78, 5) is 21.9. The number of rotatable bonds is 6. The zero-order chi connectivity index (χ0) is 16.7. The van der Waals surface area contributed by atoms with Crippen molar-refractivity contribution in [1.29, 1.82) is 5.26 Å². The van der Waals surface area contributed by atoms with E-state index >= 15 is 0 Å². The lowest BCUT2D eigenvalue weighted by molar-refractivity contribution is -0.385. The number of carbonyl (C=O) groups is 1. The number of esters is 1. The van der Waals surface area contributed by atoms with Crippen molar-refractivity contribution in [3.63, 3.8) is 0 Å². The van der Waals surface area contributed by atoms with Crippen molar-refractivity contribution in [3.05, 3.63) is 69.8 Å². The molecule has 116 valence electrons. The number of nitro groups is 1. The average Bonchev–Trinajstić information content (AvgIpc) is 2.58. The van der Waals surface area contributed by atoms with E-state index in [0.717, 1.165) is 0 Å². The van der Waals surface area contributed by atoms with E-state index in [2.05, 4.69) is 0 Å². The van der Waals surface area contributed by atoms with Gasteiger partial charge < -0.3 is 9.47 Å². The van der Waals surface area contributed by atoms with Gasteiger partial charge in [-0.2, -0.15) is 5.26 Å². The van der Waals surface area contributed by atoms with Gasteiger partial charge in [0.25, 0.3) is 5.69 Å². The van der Waals surface area contributed by atoms with Crippen LogP contribution in [0, 0.1) is 21.4 Å². The number of nitriles is 1. The average molecular weight is 312 g/mol. The van der Waals surface area contributed by atoms with Crippen LogP contribution in [0.3, 0.4) is 0 Å². The second-order valence-electron chi connectivity index (χ2n) is 4.47. The Morgan fingerprint density at radius 3 is 2.52 bits per heavy atom. The molecule has 0 fully saturated rings. The van der Waals surface area contributed by atoms with Crippen LogP contribution in [0.25, 0.3) is 0 Å². The van der Waals surface area contributed by atoms with Crippen LogP contribution in [0.2, 0.25) is 0 Å². The van der Waals surface area contributed by atoms with Gasteiger partial charge in [0, 0.05) is 6.07 Å². The molecule has 0 saturated carbocycles. The maximum Gasteiger partial charge on any atom is 0.344 e. The summed E-state index contributed by atoms with van der Waals surface area (Å²) in [5.41, 5.74) is 0.689. The summed E-state index contributed by atoms with van der Waals surface area (Å²) in [6.07, 6.45) is 0. The predicted octanol–water partition coefficient (Wildman–Crippen LogP) is 2.59. The number of para-hydroxylation sites is 1. The molecule has 0 bridgehead atoms. The topological polar surface area (TPSA) is 102 Å². The molecular weight excluding hydrogens is 300 g/mol. The van der Waals surface area contributed by atoms with E-state index in [4.69, 9.17) is 14.7 Å². The zero-order valence-corrected chi connectivity index (χ0v) is 12.0. The number of nitrogens with zero attached hydrogens (tertiary/aromatic N) is 2. The second kappa shape index (κ2) is 7.56. The molecule has 0 atom stereocenters. The molecule has 0 aliphatic rings. The first-order valence-electron chi connectivity index (χ1n) is 6.61. The Balaban J connectivity index is 1.86. The summed E-state index contributed by atoms with van der Waals surface area (Å²) >= 11 is 0. The Morgan fingerprint density at radius 2 is 1.87 bits per heavy atom. The number of hydrogen-bond donors (Lipinski definition) is 0. The Bertz CT molecular complexity index is 750. The van der Waals surface area contributed by atoms with E-state index in [1.54, 1.807) is 30.3 Å². The number of ether oxygens (including phenoxy) is 2. The summed E-state index contributed by atoms with van der Waals surface area (Å²) in [6, 6.07) is 14.3. The third kappa shape index (κ3) is 4.54. The molecule has 0 aliphatic heterocycles. The van der Waals surface area contributed by atoms with Crippen molar-refractivity contribution >= 4 is 11.7 Å². The molecule has 2 rings (SSSR count). The molecule has 0 aliphatic carbocycles. The smallest absolute Gasteiger partial charge is 0.344 e. The molecule has 0 N–H and O–H groups in total. The molecule has 0 saturated heterocycles. The fourth-order valence-electron chi connectivity index (χ4n) is 1.78. The summed E-state index contributed by atoms with van der Waals surface area (Å²) in [5.74, 6) is -0.223. The van der Waals surface area contributed by atoms with Gasteiger partial charge in [0.2, 0.25) is 0 Å². The van der Waals surface area contributed by atoms with Gasteiger partial charge in [0.05, 0.1) is 22.1 Å². The van der Waals surface area contributed by atoms with E-state index in [1.165, 1.54) is 18.2 Å². The molecule has 0 heterocycles. The van der Waals surface area contributed by atoms with Crippen LogP contribution in [0.1, 0.15) is 11.1 Å². The second-order valence-corrected chi connectivity index (χ2v) is 4.47. The van der Waals surface area contributed by atoms with Crippen molar-refractivity contribution in [1.82, 2.24) is 0 Å². The highest BCUT2D eigenvalue weighted by molar-refractivity contribution is 5.71. The summed E-state index contributed by atoms with van der Waals surface area (Å²) < 4.78 is 10.2. The molecule has 0 amide bonds. The van der Waals surface area contributed by atoms with Gasteiger partial charge in [-0.25, -0.2) is 4.79 Å². The third-order valence-electron chi connectivity index (χ3n) is 2.92. The lowest BCUT2D eigenvalue weighted by Crippen LogP contribution is -2.15. The number of carbonyl (C=O) groups excluding carboxylic acids is 1. The van der Waals surface area contributed by atoms with Crippen LogP contribution in [-0.2, 0) is 16.1 Å². The van der Waals surface area contributed by atoms with Gasteiger partial charge in [0.15, 0.2) is 6.61 Å². The zero-order valence-electron chi connectivity index (χ0n) is 12.0. The Kier molecular flexibility index (Phi) is 5.25. The summed E-state index contributed by atoms with van der Waals surface area (Å²) in [7, 11) is 0. The van der Waals surface area contributed by atoms with E-state index in [0.29, 0.717) is 16.9 Å². The highest BCUT2D eigenvalue weighted by Crippen LogP contribution is 2.18. The number of nitro benzene ring substituents is 1. The highest BCUT2D eigenvalue weighted by Gasteiger charge is 2.14. The quantitative estimate of drug-likeness (QED) is 0.461. The minimum Gasteiger partial charge on any atom is -0.482 e. The minimum absolute atomic E-state index is 0.103. The first-order valence-corrected chi connectivity index (χ1v) is 6.61. The predicted molar refractivity (Wildman–Crippen MR) is 79.5 cm³/mol. The van der Waals surface area contributed by atoms with Crippen molar-refractivity contribution < 1.29 is 19.2 Å². The van der Waals surface area contributed by atoms with Gasteiger partial charge in [-0.1, -0.05) is 12.1 Å². The van der Waals surface area contributed by atoms with Crippen LogP contribution in [-0.4, -0.2) is 17.5 Å². The minimum atomic E-state index is -0.646. The monoisotopic (exact) mass is 312 g/mol. The normalized spacial score (nSPS) is 9.70. The van der Waals surface area contributed by atoms with Crippen molar-refractivity contribution in [2.45, 2.75) is 6.61 Å². The molecule has 2 aromatic carbocycles. The lowest BCUT2D eigenvalue weighted by Gasteiger charge is -2.07. The largest absolute Gasteiger partial charge is 0.482 e. The molecule has 7 nitrogen and oxygen atoms in total. The molecule has 0 unspecified atom stereocenters. The van der Waals surface area contributed by atoms with Crippen LogP contribution >= 0.6 is 0 Å². The standard InChI is InChI=1S/C16H12N2O5/c17-9-12-5-7-14(8-6-12)22-11-16(19)23-10-13-3-1-2-4-15(13)18(20)21/h1-8H,10-11H2. The van der Waals surface area contributed by atoms with Gasteiger partial charge in [-0.3, -0.25) is 10.1 Å². The number of benzene rings is 2. The Labute approximate surface area is 131 Å². The molecule has 0 spiro atoms. The van der Waals surface area contributed by atoms with Gasteiger partial charge in [-0.15, -0.1) is 0 Å². The van der Waals surface area contributed by atoms with Gasteiger partial charge in [-0.05, 0) is 30.3 Å². The molecule has 0 aromatic heterocycles. The lowest BCUT2D eigenvalue weighted by atomic mass is 10.2. The molecule has 23 heavy (non-hydrogen) atoms. The first-order chi connectivity index (χ1) is 11.1. The third-order valence-corrected chi connectivity index (χ3v) is 2.92. The summed E-state index contributed by atoms with van der Waals surface area (Å²) in [6.45, 7) is -0.529. The van der Waals surface area contributed by atoms with Crippen molar-refractivity contribution in [3.8, 4) is 11.8 Å². The van der Waals surface area contributed by atoms with E-state index in [1.807, 2.05) is 6.07 Å². The molecule has 0 radical (unpaired) electrons. The van der Waals surface area contributed by atoms with E-state index < -0.39 is 10.9 Å². The van der Waals surface area contributed by atoms with E-state index in [-0.39, 0.29) is 18.9 Å². The highest BCUT2D eigenvalue weighted by atomic mass is 16.6. The first kappa shape index (κ1) is 16.0. The maximum atomic E-state index is 11.6. The van der Waals surface area contributed by atoms with Gasteiger partial charge >= 0.3 is 5.97 Å².